The van der Waals surface area contributed by atoms with Gasteiger partial charge in [0.15, 0.2) is 0 Å². The molecule has 1 amide bonds. The lowest BCUT2D eigenvalue weighted by Gasteiger charge is -2.28. The number of aromatic nitrogens is 3. The molecule has 1 N–H and O–H groups in total. The van der Waals surface area contributed by atoms with Crippen LogP contribution in [-0.4, -0.2) is 39.1 Å². The Balaban J connectivity index is 1.33. The average Bonchev–Trinajstić information content (AvgIpc) is 3.37. The van der Waals surface area contributed by atoms with Gasteiger partial charge in [0.1, 0.15) is 5.01 Å². The third-order valence-electron chi connectivity index (χ3n) is 5.88. The molecule has 1 atom stereocenters. The van der Waals surface area contributed by atoms with Gasteiger partial charge in [-0.15, -0.1) is 21.5 Å². The molecule has 5 rings (SSSR count). The molecule has 2 aromatic carbocycles. The van der Waals surface area contributed by atoms with Crippen molar-refractivity contribution in [3.05, 3.63) is 58.6 Å². The highest BCUT2D eigenvalue weighted by molar-refractivity contribution is 7.18. The monoisotopic (exact) mass is 449 g/mol. The fraction of sp³-hybridized carbons (Fsp3) is 0.304. The van der Waals surface area contributed by atoms with E-state index in [1.807, 2.05) is 5.51 Å². The minimum Gasteiger partial charge on any atom is -0.301 e. The van der Waals surface area contributed by atoms with E-state index in [0.29, 0.717) is 11.2 Å². The molecule has 8 heteroatoms. The SMILES string of the molecule is CC(=O)Nc1nnc(-c2ccc3c(c2)CCN([C@H](C)c2ccc4scnc4c2)CC3)s1. The number of carbonyl (C=O) groups is 1. The average molecular weight is 450 g/mol. The molecule has 4 aromatic rings. The van der Waals surface area contributed by atoms with Crippen LogP contribution in [0, 0.1) is 0 Å². The smallest absolute Gasteiger partial charge is 0.223 e. The van der Waals surface area contributed by atoms with Gasteiger partial charge in [-0.3, -0.25) is 9.69 Å². The molecule has 0 radical (unpaired) electrons. The van der Waals surface area contributed by atoms with Gasteiger partial charge in [0, 0.05) is 31.6 Å². The van der Waals surface area contributed by atoms with Crippen molar-refractivity contribution < 1.29 is 4.79 Å². The first-order chi connectivity index (χ1) is 15.1. The Labute approximate surface area is 189 Å². The van der Waals surface area contributed by atoms with Crippen LogP contribution in [0.15, 0.2) is 41.9 Å². The predicted molar refractivity (Wildman–Crippen MR) is 127 cm³/mol. The maximum atomic E-state index is 11.2. The van der Waals surface area contributed by atoms with Crippen molar-refractivity contribution in [2.45, 2.75) is 32.7 Å². The van der Waals surface area contributed by atoms with Crippen LogP contribution in [-0.2, 0) is 17.6 Å². The van der Waals surface area contributed by atoms with E-state index < -0.39 is 0 Å². The van der Waals surface area contributed by atoms with Crippen LogP contribution in [0.5, 0.6) is 0 Å². The molecule has 1 aliphatic rings. The van der Waals surface area contributed by atoms with E-state index in [4.69, 9.17) is 0 Å². The maximum absolute atomic E-state index is 11.2. The summed E-state index contributed by atoms with van der Waals surface area (Å²) in [5.74, 6) is -0.132. The number of fused-ring (bicyclic) bond motifs is 2. The molecule has 0 aliphatic carbocycles. The van der Waals surface area contributed by atoms with E-state index in [0.717, 1.165) is 42.0 Å². The highest BCUT2D eigenvalue weighted by Gasteiger charge is 2.21. The Bertz CT molecular complexity index is 1250. The van der Waals surface area contributed by atoms with E-state index in [9.17, 15) is 4.79 Å². The highest BCUT2D eigenvalue weighted by atomic mass is 32.1. The molecule has 1 aliphatic heterocycles. The van der Waals surface area contributed by atoms with E-state index in [1.54, 1.807) is 11.3 Å². The molecule has 0 spiro atoms. The summed E-state index contributed by atoms with van der Waals surface area (Å²) in [6.45, 7) is 5.82. The predicted octanol–water partition coefficient (Wildman–Crippen LogP) is 4.94. The number of benzene rings is 2. The lowest BCUT2D eigenvalue weighted by molar-refractivity contribution is -0.114. The van der Waals surface area contributed by atoms with Crippen LogP contribution in [0.4, 0.5) is 5.13 Å². The Morgan fingerprint density at radius 3 is 2.77 bits per heavy atom. The summed E-state index contributed by atoms with van der Waals surface area (Å²) in [6, 6.07) is 13.6. The number of amides is 1. The number of carbonyl (C=O) groups excluding carboxylic acids is 1. The minimum absolute atomic E-state index is 0.132. The molecular formula is C23H23N5OS2. The van der Waals surface area contributed by atoms with Crippen molar-refractivity contribution in [2.24, 2.45) is 0 Å². The molecule has 6 nitrogen and oxygen atoms in total. The van der Waals surface area contributed by atoms with E-state index >= 15 is 0 Å². The Morgan fingerprint density at radius 2 is 1.94 bits per heavy atom. The standard InChI is InChI=1S/C23H23N5OS2/c1-14(17-5-6-21-20(12-17)24-13-30-21)28-9-7-16-3-4-19(11-18(16)8-10-28)22-26-27-23(31-22)25-15(2)29/h3-6,11-14H,7-10H2,1-2H3,(H,25,27,29)/t14-/m1/s1. The van der Waals surface area contributed by atoms with Crippen molar-refractivity contribution in [1.82, 2.24) is 20.1 Å². The third kappa shape index (κ3) is 4.23. The Morgan fingerprint density at radius 1 is 1.10 bits per heavy atom. The number of hydrogen-bond donors (Lipinski definition) is 1. The van der Waals surface area contributed by atoms with Gasteiger partial charge >= 0.3 is 0 Å². The van der Waals surface area contributed by atoms with Gasteiger partial charge in [-0.05, 0) is 54.7 Å². The minimum atomic E-state index is -0.132. The summed E-state index contributed by atoms with van der Waals surface area (Å²) in [5.41, 5.74) is 8.16. The van der Waals surface area contributed by atoms with Gasteiger partial charge < -0.3 is 5.32 Å². The molecule has 3 heterocycles. The second-order valence-corrected chi connectivity index (χ2v) is 9.73. The number of anilines is 1. The summed E-state index contributed by atoms with van der Waals surface area (Å²) in [5, 5.41) is 12.4. The first-order valence-electron chi connectivity index (χ1n) is 10.4. The van der Waals surface area contributed by atoms with Crippen molar-refractivity contribution >= 4 is 43.9 Å². The van der Waals surface area contributed by atoms with E-state index in [1.165, 1.54) is 39.7 Å². The van der Waals surface area contributed by atoms with Gasteiger partial charge in [0.25, 0.3) is 0 Å². The van der Waals surface area contributed by atoms with E-state index in [2.05, 4.69) is 68.7 Å². The zero-order valence-corrected chi connectivity index (χ0v) is 19.1. The molecule has 0 unspecified atom stereocenters. The molecule has 0 fully saturated rings. The second-order valence-electron chi connectivity index (χ2n) is 7.87. The van der Waals surface area contributed by atoms with Crippen LogP contribution >= 0.6 is 22.7 Å². The molecular weight excluding hydrogens is 426 g/mol. The summed E-state index contributed by atoms with van der Waals surface area (Å²) in [7, 11) is 0. The zero-order chi connectivity index (χ0) is 21.4. The number of nitrogens with zero attached hydrogens (tertiary/aromatic N) is 4. The Kier molecular flexibility index (Phi) is 5.52. The quantitative estimate of drug-likeness (QED) is 0.478. The van der Waals surface area contributed by atoms with E-state index in [-0.39, 0.29) is 5.91 Å². The summed E-state index contributed by atoms with van der Waals surface area (Å²) in [6.07, 6.45) is 2.04. The van der Waals surface area contributed by atoms with Crippen molar-refractivity contribution in [2.75, 3.05) is 18.4 Å². The lowest BCUT2D eigenvalue weighted by Crippen LogP contribution is -2.29. The number of rotatable bonds is 4. The van der Waals surface area contributed by atoms with Crippen LogP contribution < -0.4 is 5.32 Å². The molecule has 2 aromatic heterocycles. The number of nitrogens with one attached hydrogen (secondary N) is 1. The lowest BCUT2D eigenvalue weighted by atomic mass is 10.0. The normalized spacial score (nSPS) is 15.4. The first kappa shape index (κ1) is 20.2. The molecule has 158 valence electrons. The van der Waals surface area contributed by atoms with Crippen LogP contribution in [0.3, 0.4) is 0 Å². The summed E-state index contributed by atoms with van der Waals surface area (Å²) >= 11 is 3.09. The van der Waals surface area contributed by atoms with Gasteiger partial charge in [-0.25, -0.2) is 4.98 Å². The molecule has 0 bridgehead atoms. The van der Waals surface area contributed by atoms with Crippen LogP contribution in [0.25, 0.3) is 20.8 Å². The second kappa shape index (κ2) is 8.45. The van der Waals surface area contributed by atoms with Crippen molar-refractivity contribution in [1.29, 1.82) is 0 Å². The maximum Gasteiger partial charge on any atom is 0.223 e. The highest BCUT2D eigenvalue weighted by Crippen LogP contribution is 2.31. The van der Waals surface area contributed by atoms with Crippen molar-refractivity contribution in [3.8, 4) is 10.6 Å². The van der Waals surface area contributed by atoms with Gasteiger partial charge in [-0.2, -0.15) is 0 Å². The molecule has 0 saturated carbocycles. The van der Waals surface area contributed by atoms with Gasteiger partial charge in [0.05, 0.1) is 15.7 Å². The summed E-state index contributed by atoms with van der Waals surface area (Å²) < 4.78 is 1.24. The van der Waals surface area contributed by atoms with Crippen LogP contribution in [0.1, 0.15) is 36.6 Å². The molecule has 31 heavy (non-hydrogen) atoms. The number of hydrogen-bond acceptors (Lipinski definition) is 7. The Hall–Kier alpha value is -2.68. The largest absolute Gasteiger partial charge is 0.301 e. The van der Waals surface area contributed by atoms with Crippen LogP contribution in [0.2, 0.25) is 0 Å². The fourth-order valence-corrected chi connectivity index (χ4v) is 5.59. The van der Waals surface area contributed by atoms with Gasteiger partial charge in [-0.1, -0.05) is 29.5 Å². The first-order valence-corrected chi connectivity index (χ1v) is 12.1. The third-order valence-corrected chi connectivity index (χ3v) is 7.58. The molecule has 0 saturated heterocycles. The zero-order valence-electron chi connectivity index (χ0n) is 17.5. The van der Waals surface area contributed by atoms with Crippen molar-refractivity contribution in [3.63, 3.8) is 0 Å². The topological polar surface area (TPSA) is 71.0 Å². The van der Waals surface area contributed by atoms with Gasteiger partial charge in [0.2, 0.25) is 11.0 Å². The number of thiazole rings is 1. The summed E-state index contributed by atoms with van der Waals surface area (Å²) in [4.78, 5) is 18.3. The fourth-order valence-electron chi connectivity index (χ4n) is 4.15.